The molecule has 0 aliphatic carbocycles. The first-order valence-corrected chi connectivity index (χ1v) is 18.1. The quantitative estimate of drug-likeness (QED) is 0.0498. The van der Waals surface area contributed by atoms with Crippen LogP contribution in [0.5, 0.6) is 0 Å². The topological polar surface area (TPSA) is 252 Å². The van der Waals surface area contributed by atoms with Gasteiger partial charge in [0, 0.05) is 34.4 Å². The molecule has 3 unspecified atom stereocenters. The molecule has 0 aliphatic rings. The van der Waals surface area contributed by atoms with E-state index >= 15 is 0 Å². The van der Waals surface area contributed by atoms with Gasteiger partial charge in [0.15, 0.2) is 11.6 Å². The smallest absolute Gasteiger partial charge is 0.332 e. The molecule has 0 bridgehead atoms. The summed E-state index contributed by atoms with van der Waals surface area (Å²) in [6.45, 7) is 16.3. The van der Waals surface area contributed by atoms with Crippen LogP contribution in [0.2, 0.25) is 0 Å². The first kappa shape index (κ1) is 59.1. The number of hydrogen-bond donors (Lipinski definition) is 2. The van der Waals surface area contributed by atoms with Gasteiger partial charge in [0.2, 0.25) is 0 Å². The summed E-state index contributed by atoms with van der Waals surface area (Å²) in [6, 6.07) is 0. The molecule has 19 heteroatoms. The fourth-order valence-corrected chi connectivity index (χ4v) is 3.40. The molecule has 0 aromatic heterocycles. The van der Waals surface area contributed by atoms with Crippen LogP contribution in [0.25, 0.3) is 0 Å². The number of carboxylic acids is 2. The average molecular weight is 817 g/mol. The van der Waals surface area contributed by atoms with E-state index in [4.69, 9.17) is 43.4 Å². The number of carbonyl (C=O) groups excluding carboxylic acids is 5. The third kappa shape index (κ3) is 41.6. The molecule has 19 nitrogen and oxygen atoms in total. The zero-order chi connectivity index (χ0) is 44.0. The fourth-order valence-electron chi connectivity index (χ4n) is 3.40. The van der Waals surface area contributed by atoms with Gasteiger partial charge in [-0.1, -0.05) is 20.8 Å². The van der Waals surface area contributed by atoms with Gasteiger partial charge in [-0.2, -0.15) is 0 Å². The standard InChI is InChI=1S/C16H28O7.C9H16O4.C7H14O4.C5H10O4/c1-7-22-15(19)13(12(17)10-21-9-8-20-6)11(2)14(18)23-16(3,4)5;1-3-4-13-6-8(10)5-7(2)9(11)12;1-3-11-7(8)6-10-5-4-9-2;1-8-2-3-9-4-5(6)7/h11,13H,7-10H2,1-6H3;7H,3-6H2,1-2H3,(H,11,12);3-6H2,1-2H3;2-4H2,1H3,(H,6,7). The molecule has 0 saturated heterocycles. The SMILES string of the molecule is CCCOCC(=O)CC(C)C(=O)O.CCOC(=O)C(C(=O)COCCOC)C(C)C(=O)OC(C)(C)C.CCOC(=O)COCCOC.COCCOCC(=O)O. The lowest BCUT2D eigenvalue weighted by Gasteiger charge is -2.25. The summed E-state index contributed by atoms with van der Waals surface area (Å²) >= 11 is 0. The molecule has 0 aliphatic heterocycles. The van der Waals surface area contributed by atoms with E-state index in [0.29, 0.717) is 46.2 Å². The average Bonchev–Trinajstić information content (AvgIpc) is 3.11. The lowest BCUT2D eigenvalue weighted by atomic mass is 9.90. The Hall–Kier alpha value is -3.59. The summed E-state index contributed by atoms with van der Waals surface area (Å²) < 4.78 is 48.5. The van der Waals surface area contributed by atoms with Gasteiger partial charge in [-0.05, 0) is 41.0 Å². The van der Waals surface area contributed by atoms with E-state index in [-0.39, 0.29) is 57.8 Å². The number of Topliss-reactive ketones (excluding diaryl/α,β-unsaturated/α-hetero) is 2. The lowest BCUT2D eigenvalue weighted by Crippen LogP contribution is -2.40. The molecule has 0 fully saturated rings. The summed E-state index contributed by atoms with van der Waals surface area (Å²) in [7, 11) is 4.62. The lowest BCUT2D eigenvalue weighted by molar-refractivity contribution is -0.170. The van der Waals surface area contributed by atoms with Gasteiger partial charge in [0.1, 0.15) is 37.9 Å². The number of esters is 3. The minimum Gasteiger partial charge on any atom is -0.481 e. The van der Waals surface area contributed by atoms with Crippen LogP contribution in [-0.2, 0) is 80.9 Å². The van der Waals surface area contributed by atoms with Crippen LogP contribution in [-0.4, -0.2) is 164 Å². The van der Waals surface area contributed by atoms with Crippen molar-refractivity contribution in [3.05, 3.63) is 0 Å². The molecule has 2 N–H and O–H groups in total. The predicted octanol–water partition coefficient (Wildman–Crippen LogP) is 2.42. The van der Waals surface area contributed by atoms with Gasteiger partial charge >= 0.3 is 29.8 Å². The Morgan fingerprint density at radius 2 is 1.05 bits per heavy atom. The van der Waals surface area contributed by atoms with Crippen LogP contribution in [0.3, 0.4) is 0 Å². The molecule has 0 heterocycles. The van der Waals surface area contributed by atoms with Crippen molar-refractivity contribution in [3.63, 3.8) is 0 Å². The predicted molar refractivity (Wildman–Crippen MR) is 200 cm³/mol. The number of carboxylic acid groups (broad SMARTS) is 2. The van der Waals surface area contributed by atoms with Crippen LogP contribution in [0.1, 0.15) is 68.2 Å². The van der Waals surface area contributed by atoms with E-state index in [1.165, 1.54) is 28.1 Å². The van der Waals surface area contributed by atoms with Crippen molar-refractivity contribution in [2.75, 3.05) is 107 Å². The number of ether oxygens (including phenoxy) is 10. The van der Waals surface area contributed by atoms with E-state index in [1.807, 2.05) is 6.92 Å². The molecule has 0 aromatic rings. The van der Waals surface area contributed by atoms with E-state index in [9.17, 15) is 33.6 Å². The maximum Gasteiger partial charge on any atom is 0.332 e. The Labute approximate surface area is 331 Å². The van der Waals surface area contributed by atoms with Gasteiger partial charge in [0.05, 0.1) is 64.7 Å². The number of rotatable bonds is 28. The van der Waals surface area contributed by atoms with E-state index in [0.717, 1.165) is 6.42 Å². The molecule has 330 valence electrons. The maximum atomic E-state index is 12.3. The van der Waals surface area contributed by atoms with E-state index in [1.54, 1.807) is 41.7 Å². The molecular formula is C37H68O19. The van der Waals surface area contributed by atoms with Crippen LogP contribution >= 0.6 is 0 Å². The Morgan fingerprint density at radius 1 is 0.589 bits per heavy atom. The minimum absolute atomic E-state index is 0.0111. The summed E-state index contributed by atoms with van der Waals surface area (Å²) in [5.41, 5.74) is -0.706. The van der Waals surface area contributed by atoms with Crippen LogP contribution < -0.4 is 0 Å². The van der Waals surface area contributed by atoms with Gasteiger partial charge in [-0.15, -0.1) is 0 Å². The first-order chi connectivity index (χ1) is 26.3. The summed E-state index contributed by atoms with van der Waals surface area (Å²) in [5, 5.41) is 16.6. The maximum absolute atomic E-state index is 12.3. The largest absolute Gasteiger partial charge is 0.481 e. The molecule has 0 radical (unpaired) electrons. The van der Waals surface area contributed by atoms with Gasteiger partial charge in [0.25, 0.3) is 0 Å². The zero-order valence-corrected chi connectivity index (χ0v) is 35.2. The van der Waals surface area contributed by atoms with Crippen molar-refractivity contribution in [2.24, 2.45) is 17.8 Å². The summed E-state index contributed by atoms with van der Waals surface area (Å²) in [5.74, 6) is -7.07. The molecule has 0 rings (SSSR count). The van der Waals surface area contributed by atoms with Crippen LogP contribution in [0, 0.1) is 17.8 Å². The zero-order valence-electron chi connectivity index (χ0n) is 35.2. The molecule has 0 spiro atoms. The van der Waals surface area contributed by atoms with Gasteiger partial charge < -0.3 is 57.6 Å². The number of ketones is 2. The Morgan fingerprint density at radius 3 is 1.46 bits per heavy atom. The van der Waals surface area contributed by atoms with Crippen molar-refractivity contribution in [1.82, 2.24) is 0 Å². The second kappa shape index (κ2) is 39.6. The van der Waals surface area contributed by atoms with E-state index < -0.39 is 53.0 Å². The molecule has 0 amide bonds. The second-order valence-corrected chi connectivity index (χ2v) is 12.4. The number of hydrogen-bond acceptors (Lipinski definition) is 17. The van der Waals surface area contributed by atoms with Crippen molar-refractivity contribution in [1.29, 1.82) is 0 Å². The highest BCUT2D eigenvalue weighted by atomic mass is 16.6. The van der Waals surface area contributed by atoms with Crippen LogP contribution in [0.15, 0.2) is 0 Å². The van der Waals surface area contributed by atoms with Gasteiger partial charge in [-0.3, -0.25) is 24.0 Å². The Bertz CT molecular complexity index is 1060. The third-order valence-electron chi connectivity index (χ3n) is 6.02. The normalized spacial score (nSPS) is 12.1. The van der Waals surface area contributed by atoms with Crippen molar-refractivity contribution in [3.8, 4) is 0 Å². The highest BCUT2D eigenvalue weighted by Gasteiger charge is 2.39. The molecular weight excluding hydrogens is 748 g/mol. The minimum atomic E-state index is -1.24. The van der Waals surface area contributed by atoms with E-state index in [2.05, 4.69) is 14.2 Å². The van der Waals surface area contributed by atoms with Crippen molar-refractivity contribution in [2.45, 2.75) is 73.8 Å². The van der Waals surface area contributed by atoms with Crippen molar-refractivity contribution < 1.29 is 91.1 Å². The highest BCUT2D eigenvalue weighted by Crippen LogP contribution is 2.20. The number of methoxy groups -OCH3 is 3. The van der Waals surface area contributed by atoms with Crippen molar-refractivity contribution >= 4 is 41.4 Å². The highest BCUT2D eigenvalue weighted by molar-refractivity contribution is 6.03. The number of carbonyl (C=O) groups is 7. The van der Waals surface area contributed by atoms with Gasteiger partial charge in [-0.25, -0.2) is 9.59 Å². The summed E-state index contributed by atoms with van der Waals surface area (Å²) in [4.78, 5) is 78.3. The monoisotopic (exact) mass is 816 g/mol. The van der Waals surface area contributed by atoms with Crippen LogP contribution in [0.4, 0.5) is 0 Å². The molecule has 0 aromatic carbocycles. The molecule has 56 heavy (non-hydrogen) atoms. The fraction of sp³-hybridized carbons (Fsp3) is 0.811. The number of aliphatic carboxylic acids is 2. The Kier molecular flexibility index (Phi) is 41.8. The molecule has 3 atom stereocenters. The summed E-state index contributed by atoms with van der Waals surface area (Å²) in [6.07, 6.45) is 0.917. The molecule has 0 saturated carbocycles. The Balaban J connectivity index is -0.000000348. The third-order valence-corrected chi connectivity index (χ3v) is 6.02. The second-order valence-electron chi connectivity index (χ2n) is 12.4. The first-order valence-electron chi connectivity index (χ1n) is 18.1.